The maximum Gasteiger partial charge on any atom is 0.238 e. The van der Waals surface area contributed by atoms with Gasteiger partial charge in [0.15, 0.2) is 0 Å². The van der Waals surface area contributed by atoms with Crippen molar-refractivity contribution < 1.29 is 4.79 Å². The van der Waals surface area contributed by atoms with Gasteiger partial charge in [0.25, 0.3) is 0 Å². The molecule has 0 aliphatic heterocycles. The Bertz CT molecular complexity index is 228. The van der Waals surface area contributed by atoms with Crippen LogP contribution in [0.15, 0.2) is 0 Å². The van der Waals surface area contributed by atoms with Crippen LogP contribution in [-0.2, 0) is 4.79 Å². The van der Waals surface area contributed by atoms with Gasteiger partial charge >= 0.3 is 0 Å². The van der Waals surface area contributed by atoms with E-state index in [1.165, 1.54) is 12.8 Å². The quantitative estimate of drug-likeness (QED) is 0.389. The number of nitrogens with zero attached hydrogens (tertiary/aromatic N) is 1. The normalized spacial score (nSPS) is 19.6. The molecule has 0 heterocycles. The van der Waals surface area contributed by atoms with Gasteiger partial charge in [-0.25, -0.2) is 5.84 Å². The molecule has 0 saturated heterocycles. The van der Waals surface area contributed by atoms with Crippen LogP contribution in [0.3, 0.4) is 0 Å². The minimum Gasteiger partial charge on any atom is -0.300 e. The van der Waals surface area contributed by atoms with E-state index in [2.05, 4.69) is 24.2 Å². The average molecular weight is 227 g/mol. The lowest BCUT2D eigenvalue weighted by Crippen LogP contribution is -2.46. The molecule has 0 spiro atoms. The van der Waals surface area contributed by atoms with Gasteiger partial charge in [0.1, 0.15) is 0 Å². The molecule has 3 N–H and O–H groups in total. The Balaban J connectivity index is 2.49. The molecule has 0 aromatic heterocycles. The molecule has 1 amide bonds. The molecular formula is C12H25N3O. The molecule has 2 atom stereocenters. The lowest BCUT2D eigenvalue weighted by molar-refractivity contribution is -0.126. The highest BCUT2D eigenvalue weighted by molar-refractivity contribution is 5.78. The summed E-state index contributed by atoms with van der Waals surface area (Å²) in [6.07, 6.45) is 3.84. The first-order valence-corrected chi connectivity index (χ1v) is 6.34. The standard InChI is InChI=1S/C12H25N3O/c1-4-7-15(8-11-5-6-11)10(3)9(2)12(16)14-13/h9-11H,4-8,13H2,1-3H3,(H,14,16). The first kappa shape index (κ1) is 13.5. The third-order valence-corrected chi connectivity index (χ3v) is 3.56. The molecule has 16 heavy (non-hydrogen) atoms. The number of hydrogen-bond donors (Lipinski definition) is 2. The van der Waals surface area contributed by atoms with E-state index in [1.807, 2.05) is 6.92 Å². The zero-order chi connectivity index (χ0) is 12.1. The highest BCUT2D eigenvalue weighted by atomic mass is 16.2. The summed E-state index contributed by atoms with van der Waals surface area (Å²) in [5, 5.41) is 0. The van der Waals surface area contributed by atoms with E-state index in [9.17, 15) is 4.79 Å². The van der Waals surface area contributed by atoms with Crippen LogP contribution < -0.4 is 11.3 Å². The summed E-state index contributed by atoms with van der Waals surface area (Å²) in [5.74, 6) is 5.93. The summed E-state index contributed by atoms with van der Waals surface area (Å²) >= 11 is 0. The molecule has 0 bridgehead atoms. The van der Waals surface area contributed by atoms with Crippen LogP contribution in [-0.4, -0.2) is 29.9 Å². The summed E-state index contributed by atoms with van der Waals surface area (Å²) in [4.78, 5) is 13.9. The summed E-state index contributed by atoms with van der Waals surface area (Å²) in [6.45, 7) is 8.46. The third kappa shape index (κ3) is 3.76. The van der Waals surface area contributed by atoms with Crippen molar-refractivity contribution in [2.45, 2.75) is 46.1 Å². The van der Waals surface area contributed by atoms with Crippen molar-refractivity contribution in [3.05, 3.63) is 0 Å². The van der Waals surface area contributed by atoms with E-state index in [0.29, 0.717) is 0 Å². The number of hydrazine groups is 1. The van der Waals surface area contributed by atoms with Crippen molar-refractivity contribution in [2.75, 3.05) is 13.1 Å². The second kappa shape index (κ2) is 6.21. The van der Waals surface area contributed by atoms with E-state index in [4.69, 9.17) is 5.84 Å². The third-order valence-electron chi connectivity index (χ3n) is 3.56. The van der Waals surface area contributed by atoms with Gasteiger partial charge in [-0.05, 0) is 38.6 Å². The Morgan fingerprint density at radius 3 is 2.56 bits per heavy atom. The topological polar surface area (TPSA) is 58.4 Å². The molecule has 1 fully saturated rings. The molecule has 1 aliphatic carbocycles. The fraction of sp³-hybridized carbons (Fsp3) is 0.917. The van der Waals surface area contributed by atoms with Crippen molar-refractivity contribution in [3.8, 4) is 0 Å². The number of carbonyl (C=O) groups is 1. The Hall–Kier alpha value is -0.610. The van der Waals surface area contributed by atoms with Crippen LogP contribution in [0.4, 0.5) is 0 Å². The van der Waals surface area contributed by atoms with Crippen LogP contribution in [0.5, 0.6) is 0 Å². The first-order valence-electron chi connectivity index (χ1n) is 6.34. The van der Waals surface area contributed by atoms with Gasteiger partial charge in [0, 0.05) is 12.6 Å². The van der Waals surface area contributed by atoms with E-state index >= 15 is 0 Å². The van der Waals surface area contributed by atoms with Crippen molar-refractivity contribution in [1.82, 2.24) is 10.3 Å². The van der Waals surface area contributed by atoms with Crippen LogP contribution in [0.25, 0.3) is 0 Å². The molecule has 4 heteroatoms. The van der Waals surface area contributed by atoms with Crippen molar-refractivity contribution >= 4 is 5.91 Å². The van der Waals surface area contributed by atoms with Crippen LogP contribution in [0.2, 0.25) is 0 Å². The molecule has 1 rings (SSSR count). The van der Waals surface area contributed by atoms with Gasteiger partial charge in [-0.1, -0.05) is 13.8 Å². The van der Waals surface area contributed by atoms with E-state index in [0.717, 1.165) is 25.4 Å². The highest BCUT2D eigenvalue weighted by Crippen LogP contribution is 2.31. The lowest BCUT2D eigenvalue weighted by Gasteiger charge is -2.32. The van der Waals surface area contributed by atoms with E-state index < -0.39 is 0 Å². The molecule has 0 aromatic carbocycles. The SMILES string of the molecule is CCCN(CC1CC1)C(C)C(C)C(=O)NN. The largest absolute Gasteiger partial charge is 0.300 e. The van der Waals surface area contributed by atoms with Crippen LogP contribution in [0, 0.1) is 11.8 Å². The average Bonchev–Trinajstić information content (AvgIpc) is 3.09. The lowest BCUT2D eigenvalue weighted by atomic mass is 10.0. The van der Waals surface area contributed by atoms with Crippen molar-refractivity contribution in [3.63, 3.8) is 0 Å². The zero-order valence-electron chi connectivity index (χ0n) is 10.7. The highest BCUT2D eigenvalue weighted by Gasteiger charge is 2.30. The van der Waals surface area contributed by atoms with Gasteiger partial charge in [0.2, 0.25) is 5.91 Å². The van der Waals surface area contributed by atoms with Gasteiger partial charge in [0.05, 0.1) is 5.92 Å². The maximum atomic E-state index is 11.5. The number of rotatable bonds is 7. The minimum absolute atomic E-state index is 0.0460. The van der Waals surface area contributed by atoms with Crippen LogP contribution >= 0.6 is 0 Å². The summed E-state index contributed by atoms with van der Waals surface area (Å²) in [5.41, 5.74) is 2.25. The smallest absolute Gasteiger partial charge is 0.238 e. The van der Waals surface area contributed by atoms with E-state index in [1.54, 1.807) is 0 Å². The fourth-order valence-electron chi connectivity index (χ4n) is 2.05. The molecule has 1 saturated carbocycles. The number of nitrogens with one attached hydrogen (secondary N) is 1. The Morgan fingerprint density at radius 1 is 1.50 bits per heavy atom. The molecule has 4 nitrogen and oxygen atoms in total. The monoisotopic (exact) mass is 227 g/mol. The molecule has 94 valence electrons. The summed E-state index contributed by atoms with van der Waals surface area (Å²) in [6, 6.07) is 0.268. The first-order chi connectivity index (χ1) is 7.60. The Morgan fingerprint density at radius 2 is 2.12 bits per heavy atom. The summed E-state index contributed by atoms with van der Waals surface area (Å²) < 4.78 is 0. The van der Waals surface area contributed by atoms with E-state index in [-0.39, 0.29) is 17.9 Å². The Kier molecular flexibility index (Phi) is 5.22. The number of nitrogens with two attached hydrogens (primary N) is 1. The van der Waals surface area contributed by atoms with Gasteiger partial charge in [-0.15, -0.1) is 0 Å². The number of carbonyl (C=O) groups excluding carboxylic acids is 1. The predicted octanol–water partition coefficient (Wildman–Crippen LogP) is 1.12. The van der Waals surface area contributed by atoms with Crippen molar-refractivity contribution in [1.29, 1.82) is 0 Å². The molecular weight excluding hydrogens is 202 g/mol. The minimum atomic E-state index is -0.0654. The predicted molar refractivity (Wildman–Crippen MR) is 65.5 cm³/mol. The zero-order valence-corrected chi connectivity index (χ0v) is 10.7. The maximum absolute atomic E-state index is 11.5. The molecule has 0 aromatic rings. The van der Waals surface area contributed by atoms with Gasteiger partial charge in [-0.2, -0.15) is 0 Å². The number of hydrogen-bond acceptors (Lipinski definition) is 3. The Labute approximate surface area is 98.5 Å². The molecule has 0 radical (unpaired) electrons. The second-order valence-corrected chi connectivity index (χ2v) is 4.98. The summed E-state index contributed by atoms with van der Waals surface area (Å²) in [7, 11) is 0. The van der Waals surface area contributed by atoms with Crippen LogP contribution in [0.1, 0.15) is 40.0 Å². The molecule has 2 unspecified atom stereocenters. The second-order valence-electron chi connectivity index (χ2n) is 4.98. The van der Waals surface area contributed by atoms with Gasteiger partial charge < -0.3 is 0 Å². The van der Waals surface area contributed by atoms with Crippen molar-refractivity contribution in [2.24, 2.45) is 17.7 Å². The molecule has 1 aliphatic rings. The number of amides is 1. The fourth-order valence-corrected chi connectivity index (χ4v) is 2.05. The van der Waals surface area contributed by atoms with Gasteiger partial charge in [-0.3, -0.25) is 15.1 Å².